The molecule has 2 aromatic carbocycles. The largest absolute Gasteiger partial charge is 0.508 e. The summed E-state index contributed by atoms with van der Waals surface area (Å²) >= 11 is 0. The molecular formula is C28H38N4O7S. The average molecular weight is 575 g/mol. The molecule has 0 aliphatic rings. The zero-order chi connectivity index (χ0) is 30.0. The van der Waals surface area contributed by atoms with Crippen LogP contribution in [-0.4, -0.2) is 67.3 Å². The van der Waals surface area contributed by atoms with E-state index in [9.17, 15) is 33.0 Å². The predicted molar refractivity (Wildman–Crippen MR) is 152 cm³/mol. The Morgan fingerprint density at radius 1 is 0.975 bits per heavy atom. The molecule has 2 aromatic rings. The van der Waals surface area contributed by atoms with Crippen LogP contribution in [-0.2, 0) is 32.4 Å². The van der Waals surface area contributed by atoms with Crippen molar-refractivity contribution in [3.05, 3.63) is 76.2 Å². The summed E-state index contributed by atoms with van der Waals surface area (Å²) in [7, 11) is -3.49. The van der Waals surface area contributed by atoms with Gasteiger partial charge in [0.25, 0.3) is 5.91 Å². The second-order valence-electron chi connectivity index (χ2n) is 9.89. The van der Waals surface area contributed by atoms with Crippen molar-refractivity contribution in [3.63, 3.8) is 0 Å². The van der Waals surface area contributed by atoms with E-state index in [-0.39, 0.29) is 23.7 Å². The SMILES string of the molecule is Cc1c(O)cccc1C(=O)N[C@H](C(=O)N[C@@H](CO)C(=O)N[C@H](C=CS(C)(=O)=O)Cc1ccc(CN)cc1)C(C)C. The third-order valence-electron chi connectivity index (χ3n) is 6.20. The number of amides is 3. The van der Waals surface area contributed by atoms with Crippen LogP contribution in [0.15, 0.2) is 53.9 Å². The number of carbonyl (C=O) groups excluding carboxylic acids is 3. The lowest BCUT2D eigenvalue weighted by molar-refractivity contribution is -0.131. The Labute approximate surface area is 234 Å². The van der Waals surface area contributed by atoms with Crippen LogP contribution in [0.2, 0.25) is 0 Å². The number of aliphatic hydroxyl groups is 1. The Morgan fingerprint density at radius 2 is 1.60 bits per heavy atom. The molecule has 3 atom stereocenters. The highest BCUT2D eigenvalue weighted by Gasteiger charge is 2.30. The van der Waals surface area contributed by atoms with Crippen LogP contribution in [0.4, 0.5) is 0 Å². The molecule has 0 aromatic heterocycles. The molecule has 0 saturated heterocycles. The molecule has 0 aliphatic heterocycles. The van der Waals surface area contributed by atoms with E-state index >= 15 is 0 Å². The summed E-state index contributed by atoms with van der Waals surface area (Å²) in [5.41, 5.74) is 7.88. The summed E-state index contributed by atoms with van der Waals surface area (Å²) in [4.78, 5) is 39.0. The van der Waals surface area contributed by atoms with Crippen LogP contribution < -0.4 is 21.7 Å². The summed E-state index contributed by atoms with van der Waals surface area (Å²) in [5.74, 6) is -2.47. The van der Waals surface area contributed by atoms with Crippen LogP contribution in [0.1, 0.15) is 40.9 Å². The Kier molecular flexibility index (Phi) is 11.8. The van der Waals surface area contributed by atoms with E-state index in [1.165, 1.54) is 24.3 Å². The monoisotopic (exact) mass is 574 g/mol. The van der Waals surface area contributed by atoms with Crippen molar-refractivity contribution in [2.45, 2.75) is 51.9 Å². The number of sulfone groups is 1. The molecule has 0 saturated carbocycles. The summed E-state index contributed by atoms with van der Waals surface area (Å²) in [6, 6.07) is 8.53. The maximum atomic E-state index is 13.1. The van der Waals surface area contributed by atoms with E-state index in [1.807, 2.05) is 24.3 Å². The quantitative estimate of drug-likeness (QED) is 0.201. The zero-order valence-electron chi connectivity index (χ0n) is 23.0. The molecule has 0 fully saturated rings. The van der Waals surface area contributed by atoms with Gasteiger partial charge in [-0.05, 0) is 42.5 Å². The number of aromatic hydroxyl groups is 1. The summed E-state index contributed by atoms with van der Waals surface area (Å²) < 4.78 is 23.4. The van der Waals surface area contributed by atoms with Gasteiger partial charge in [-0.3, -0.25) is 14.4 Å². The highest BCUT2D eigenvalue weighted by Crippen LogP contribution is 2.20. The third-order valence-corrected chi connectivity index (χ3v) is 6.85. The Morgan fingerprint density at radius 3 is 2.15 bits per heavy atom. The molecule has 218 valence electrons. The lowest BCUT2D eigenvalue weighted by Gasteiger charge is -2.26. The zero-order valence-corrected chi connectivity index (χ0v) is 23.9. The smallest absolute Gasteiger partial charge is 0.252 e. The number of carbonyl (C=O) groups is 3. The molecule has 12 heteroatoms. The minimum absolute atomic E-state index is 0.0648. The van der Waals surface area contributed by atoms with Gasteiger partial charge in [0.05, 0.1) is 12.6 Å². The Bertz CT molecular complexity index is 1320. The number of nitrogens with one attached hydrogen (secondary N) is 3. The van der Waals surface area contributed by atoms with E-state index in [0.29, 0.717) is 12.1 Å². The molecule has 0 aliphatic carbocycles. The van der Waals surface area contributed by atoms with Gasteiger partial charge in [-0.15, -0.1) is 0 Å². The lowest BCUT2D eigenvalue weighted by atomic mass is 10.0. The number of hydrogen-bond donors (Lipinski definition) is 6. The second-order valence-corrected chi connectivity index (χ2v) is 11.8. The molecule has 7 N–H and O–H groups in total. The molecule has 11 nitrogen and oxygen atoms in total. The molecule has 40 heavy (non-hydrogen) atoms. The third kappa shape index (κ3) is 9.78. The number of hydrogen-bond acceptors (Lipinski definition) is 8. The average Bonchev–Trinajstić information content (AvgIpc) is 2.89. The standard InChI is InChI=1S/C28H38N4O7S/c1-17(2)25(32-26(35)22-6-5-7-24(34)18(22)3)28(37)31-23(16-33)27(36)30-21(12-13-40(4,38)39)14-19-8-10-20(15-29)11-9-19/h5-13,17,21,23,25,33-34H,14-16,29H2,1-4H3,(H,30,36)(H,31,37)(H,32,35)/t21-,23+,25+/m1/s1. The van der Waals surface area contributed by atoms with Crippen molar-refractivity contribution < 1.29 is 33.0 Å². The van der Waals surface area contributed by atoms with Gasteiger partial charge in [0.1, 0.15) is 17.8 Å². The van der Waals surface area contributed by atoms with Crippen molar-refractivity contribution in [1.29, 1.82) is 0 Å². The number of benzene rings is 2. The van der Waals surface area contributed by atoms with Crippen molar-refractivity contribution in [2.75, 3.05) is 12.9 Å². The molecular weight excluding hydrogens is 536 g/mol. The fourth-order valence-electron chi connectivity index (χ4n) is 3.83. The molecule has 0 bridgehead atoms. The first-order valence-corrected chi connectivity index (χ1v) is 14.7. The van der Waals surface area contributed by atoms with Gasteiger partial charge < -0.3 is 31.9 Å². The van der Waals surface area contributed by atoms with E-state index in [1.54, 1.807) is 20.8 Å². The number of aliphatic hydroxyl groups excluding tert-OH is 1. The van der Waals surface area contributed by atoms with Gasteiger partial charge in [-0.25, -0.2) is 8.42 Å². The summed E-state index contributed by atoms with van der Waals surface area (Å²) in [6.07, 6.45) is 2.59. The number of phenols is 1. The van der Waals surface area contributed by atoms with E-state index in [4.69, 9.17) is 5.73 Å². The van der Waals surface area contributed by atoms with Crippen LogP contribution in [0.5, 0.6) is 5.75 Å². The normalized spacial score (nSPS) is 14.0. The Balaban J connectivity index is 2.17. The van der Waals surface area contributed by atoms with Crippen LogP contribution in [0.25, 0.3) is 0 Å². The molecule has 0 heterocycles. The van der Waals surface area contributed by atoms with Crippen LogP contribution in [0.3, 0.4) is 0 Å². The van der Waals surface area contributed by atoms with Gasteiger partial charge in [0.15, 0.2) is 9.84 Å². The van der Waals surface area contributed by atoms with Crippen LogP contribution in [0, 0.1) is 12.8 Å². The maximum Gasteiger partial charge on any atom is 0.252 e. The number of rotatable bonds is 13. The first-order chi connectivity index (χ1) is 18.7. The highest BCUT2D eigenvalue weighted by molar-refractivity contribution is 7.93. The predicted octanol–water partition coefficient (Wildman–Crippen LogP) is 0.677. The van der Waals surface area contributed by atoms with Gasteiger partial charge in [-0.1, -0.05) is 50.3 Å². The minimum Gasteiger partial charge on any atom is -0.508 e. The van der Waals surface area contributed by atoms with Crippen molar-refractivity contribution in [3.8, 4) is 5.75 Å². The van der Waals surface area contributed by atoms with Crippen molar-refractivity contribution in [1.82, 2.24) is 16.0 Å². The van der Waals surface area contributed by atoms with E-state index < -0.39 is 52.3 Å². The number of nitrogens with two attached hydrogens (primary N) is 1. The fourth-order valence-corrected chi connectivity index (χ4v) is 4.31. The highest BCUT2D eigenvalue weighted by atomic mass is 32.2. The molecule has 3 amide bonds. The van der Waals surface area contributed by atoms with Crippen LogP contribution >= 0.6 is 0 Å². The van der Waals surface area contributed by atoms with Gasteiger partial charge in [0.2, 0.25) is 11.8 Å². The van der Waals surface area contributed by atoms with Crippen molar-refractivity contribution >= 4 is 27.6 Å². The molecule has 0 radical (unpaired) electrons. The first kappa shape index (κ1) is 32.5. The van der Waals surface area contributed by atoms with Crippen molar-refractivity contribution in [2.24, 2.45) is 11.7 Å². The summed E-state index contributed by atoms with van der Waals surface area (Å²) in [5, 5.41) is 28.5. The van der Waals surface area contributed by atoms with Gasteiger partial charge in [0, 0.05) is 29.3 Å². The number of phenolic OH excluding ortho intramolecular Hbond substituents is 1. The van der Waals surface area contributed by atoms with E-state index in [0.717, 1.165) is 22.8 Å². The fraction of sp³-hybridized carbons (Fsp3) is 0.393. The minimum atomic E-state index is -3.49. The van der Waals surface area contributed by atoms with Gasteiger partial charge >= 0.3 is 0 Å². The summed E-state index contributed by atoms with van der Waals surface area (Å²) in [6.45, 7) is 4.60. The first-order valence-electron chi connectivity index (χ1n) is 12.7. The molecule has 0 unspecified atom stereocenters. The second kappa shape index (κ2) is 14.6. The topological polar surface area (TPSA) is 188 Å². The molecule has 2 rings (SSSR count). The maximum absolute atomic E-state index is 13.1. The van der Waals surface area contributed by atoms with E-state index in [2.05, 4.69) is 16.0 Å². The molecule has 0 spiro atoms. The van der Waals surface area contributed by atoms with Gasteiger partial charge in [-0.2, -0.15) is 0 Å². The lowest BCUT2D eigenvalue weighted by Crippen LogP contribution is -2.57. The Hall–Kier alpha value is -3.74.